The minimum Gasteiger partial charge on any atom is -0.457 e. The SMILES string of the molecule is C=CCOC(=O)/C(C#N)=c1\s/c(=C/Nc2cccc(C(C)(O)C(F)(F)F)c2)c(=O)n1CC. The Labute approximate surface area is 185 Å². The van der Waals surface area contributed by atoms with E-state index in [0.717, 1.165) is 23.5 Å². The van der Waals surface area contributed by atoms with E-state index < -0.39 is 23.3 Å². The van der Waals surface area contributed by atoms with Gasteiger partial charge in [0.25, 0.3) is 5.56 Å². The lowest BCUT2D eigenvalue weighted by atomic mass is 9.95. The van der Waals surface area contributed by atoms with Crippen molar-refractivity contribution in [2.45, 2.75) is 32.2 Å². The second kappa shape index (κ2) is 9.84. The number of anilines is 1. The topological polar surface area (TPSA) is 104 Å². The van der Waals surface area contributed by atoms with Gasteiger partial charge in [0.05, 0.1) is 0 Å². The van der Waals surface area contributed by atoms with Gasteiger partial charge in [0.15, 0.2) is 11.2 Å². The molecule has 7 nitrogen and oxygen atoms in total. The van der Waals surface area contributed by atoms with Gasteiger partial charge in [-0.05, 0) is 31.5 Å². The van der Waals surface area contributed by atoms with E-state index in [1.54, 1.807) is 13.0 Å². The van der Waals surface area contributed by atoms with Gasteiger partial charge in [-0.3, -0.25) is 9.36 Å². The van der Waals surface area contributed by atoms with Crippen LogP contribution in [0.5, 0.6) is 0 Å². The molecule has 2 N–H and O–H groups in total. The van der Waals surface area contributed by atoms with E-state index in [1.807, 2.05) is 0 Å². The van der Waals surface area contributed by atoms with Crippen molar-refractivity contribution in [2.75, 3.05) is 11.9 Å². The van der Waals surface area contributed by atoms with E-state index in [4.69, 9.17) is 4.74 Å². The average Bonchev–Trinajstić information content (AvgIpc) is 3.05. The summed E-state index contributed by atoms with van der Waals surface area (Å²) in [6, 6.07) is 6.77. The van der Waals surface area contributed by atoms with Gasteiger partial charge in [-0.15, -0.1) is 11.3 Å². The molecule has 1 unspecified atom stereocenters. The number of esters is 1. The first-order chi connectivity index (χ1) is 15.0. The van der Waals surface area contributed by atoms with Gasteiger partial charge in [-0.1, -0.05) is 24.8 Å². The molecule has 1 aromatic carbocycles. The number of hydrogen-bond acceptors (Lipinski definition) is 7. The molecule has 0 saturated heterocycles. The number of aromatic nitrogens is 1. The number of nitriles is 1. The summed E-state index contributed by atoms with van der Waals surface area (Å²) in [6.45, 7) is 5.78. The van der Waals surface area contributed by atoms with Gasteiger partial charge >= 0.3 is 12.1 Å². The summed E-state index contributed by atoms with van der Waals surface area (Å²) in [5.41, 5.74) is -4.09. The zero-order valence-corrected chi connectivity index (χ0v) is 18.0. The third-order valence-corrected chi connectivity index (χ3v) is 5.56. The van der Waals surface area contributed by atoms with Crippen molar-refractivity contribution >= 4 is 34.8 Å². The largest absolute Gasteiger partial charge is 0.457 e. The van der Waals surface area contributed by atoms with Crippen LogP contribution in [0.25, 0.3) is 11.8 Å². The van der Waals surface area contributed by atoms with Crippen LogP contribution in [0.1, 0.15) is 19.4 Å². The van der Waals surface area contributed by atoms with Crippen molar-refractivity contribution in [3.8, 4) is 6.07 Å². The number of halogens is 3. The van der Waals surface area contributed by atoms with E-state index >= 15 is 0 Å². The molecule has 0 aliphatic heterocycles. The summed E-state index contributed by atoms with van der Waals surface area (Å²) in [5, 5.41) is 22.0. The first-order valence-electron chi connectivity index (χ1n) is 9.26. The third kappa shape index (κ3) is 5.09. The Hall–Kier alpha value is -3.36. The number of benzene rings is 1. The maximum atomic E-state index is 13.1. The van der Waals surface area contributed by atoms with Crippen LogP contribution < -0.4 is 20.1 Å². The van der Waals surface area contributed by atoms with Gasteiger partial charge in [0.2, 0.25) is 0 Å². The van der Waals surface area contributed by atoms with Crippen molar-refractivity contribution < 1.29 is 27.8 Å². The summed E-state index contributed by atoms with van der Waals surface area (Å²) in [7, 11) is 0. The molecule has 2 aromatic rings. The Balaban J connectivity index is 2.52. The zero-order chi connectivity index (χ0) is 24.1. The number of nitrogens with zero attached hydrogens (tertiary/aromatic N) is 2. The highest BCUT2D eigenvalue weighted by Gasteiger charge is 2.51. The fourth-order valence-electron chi connectivity index (χ4n) is 2.60. The third-order valence-electron chi connectivity index (χ3n) is 4.43. The van der Waals surface area contributed by atoms with Crippen molar-refractivity contribution in [3.05, 3.63) is 62.0 Å². The standard InChI is InChI=1S/C21H20F3N3O4S/c1-4-9-31-19(29)15(11-25)18-27(5-2)17(28)16(32-18)12-26-14-8-6-7-13(10-14)20(3,30)21(22,23)24/h4,6-8,10,12,26,30H,1,5,9H2,2-3H3/b16-12+,18-15-. The van der Waals surface area contributed by atoms with E-state index in [0.29, 0.717) is 6.92 Å². The van der Waals surface area contributed by atoms with Crippen LogP contribution in [0.4, 0.5) is 18.9 Å². The zero-order valence-electron chi connectivity index (χ0n) is 17.2. The Kier molecular flexibility index (Phi) is 7.66. The van der Waals surface area contributed by atoms with Crippen molar-refractivity contribution in [1.82, 2.24) is 4.57 Å². The second-order valence-corrected chi connectivity index (χ2v) is 7.66. The van der Waals surface area contributed by atoms with Crippen LogP contribution in [0.15, 0.2) is 41.7 Å². The molecule has 0 fully saturated rings. The fourth-order valence-corrected chi connectivity index (χ4v) is 3.68. The smallest absolute Gasteiger partial charge is 0.421 e. The number of carbonyl (C=O) groups is 1. The lowest BCUT2D eigenvalue weighted by molar-refractivity contribution is -0.258. The van der Waals surface area contributed by atoms with Crippen molar-refractivity contribution in [1.29, 1.82) is 5.26 Å². The molecule has 0 amide bonds. The average molecular weight is 467 g/mol. The number of thiazole rings is 1. The van der Waals surface area contributed by atoms with Crippen LogP contribution in [0.2, 0.25) is 0 Å². The molecule has 11 heteroatoms. The molecule has 0 aliphatic carbocycles. The molecule has 2 rings (SSSR count). The van der Waals surface area contributed by atoms with Gasteiger partial charge in [-0.25, -0.2) is 4.79 Å². The van der Waals surface area contributed by atoms with Gasteiger partial charge in [-0.2, -0.15) is 18.4 Å². The number of aliphatic hydroxyl groups is 1. The van der Waals surface area contributed by atoms with Crippen LogP contribution in [-0.2, 0) is 21.7 Å². The predicted octanol–water partition coefficient (Wildman–Crippen LogP) is 1.95. The highest BCUT2D eigenvalue weighted by atomic mass is 32.1. The summed E-state index contributed by atoms with van der Waals surface area (Å²) >= 11 is 0.855. The van der Waals surface area contributed by atoms with Crippen LogP contribution in [-0.4, -0.2) is 28.4 Å². The molecule has 1 heterocycles. The Morgan fingerprint density at radius 1 is 1.44 bits per heavy atom. The monoisotopic (exact) mass is 467 g/mol. The molecular weight excluding hydrogens is 447 g/mol. The Bertz CT molecular complexity index is 1240. The van der Waals surface area contributed by atoms with Gasteiger partial charge < -0.3 is 15.2 Å². The number of alkyl halides is 3. The number of hydrogen-bond donors (Lipinski definition) is 2. The van der Waals surface area contributed by atoms with Gasteiger partial charge in [0.1, 0.15) is 21.9 Å². The molecule has 0 aliphatic rings. The molecule has 0 radical (unpaired) electrons. The number of ether oxygens (including phenoxy) is 1. The van der Waals surface area contributed by atoms with Gasteiger partial charge in [0, 0.05) is 18.4 Å². The predicted molar refractivity (Wildman–Crippen MR) is 114 cm³/mol. The van der Waals surface area contributed by atoms with Crippen LogP contribution >= 0.6 is 11.3 Å². The lowest BCUT2D eigenvalue weighted by Gasteiger charge is -2.27. The summed E-state index contributed by atoms with van der Waals surface area (Å²) in [4.78, 5) is 24.8. The minimum atomic E-state index is -4.88. The molecule has 1 atom stereocenters. The maximum Gasteiger partial charge on any atom is 0.421 e. The number of nitrogens with one attached hydrogen (secondary N) is 1. The molecule has 32 heavy (non-hydrogen) atoms. The molecular formula is C21H20F3N3O4S. The van der Waals surface area contributed by atoms with Crippen molar-refractivity contribution in [2.24, 2.45) is 0 Å². The van der Waals surface area contributed by atoms with Crippen molar-refractivity contribution in [3.63, 3.8) is 0 Å². The highest BCUT2D eigenvalue weighted by Crippen LogP contribution is 2.39. The molecule has 0 spiro atoms. The first kappa shape index (κ1) is 24.9. The van der Waals surface area contributed by atoms with Crippen LogP contribution in [0.3, 0.4) is 0 Å². The normalized spacial score (nSPS) is 14.8. The summed E-state index contributed by atoms with van der Waals surface area (Å²) < 4.78 is 45.6. The molecule has 0 bridgehead atoms. The molecule has 0 saturated carbocycles. The minimum absolute atomic E-state index is 0.0934. The summed E-state index contributed by atoms with van der Waals surface area (Å²) in [6.07, 6.45) is -2.29. The summed E-state index contributed by atoms with van der Waals surface area (Å²) in [5.74, 6) is -0.905. The lowest BCUT2D eigenvalue weighted by Crippen LogP contribution is -2.39. The fraction of sp³-hybridized carbons (Fsp3) is 0.286. The maximum absolute atomic E-state index is 13.1. The molecule has 1 aromatic heterocycles. The Morgan fingerprint density at radius 2 is 2.12 bits per heavy atom. The van der Waals surface area contributed by atoms with E-state index in [-0.39, 0.29) is 39.2 Å². The van der Waals surface area contributed by atoms with E-state index in [1.165, 1.54) is 29.0 Å². The first-order valence-corrected chi connectivity index (χ1v) is 10.1. The van der Waals surface area contributed by atoms with E-state index in [9.17, 15) is 33.1 Å². The quantitative estimate of drug-likeness (QED) is 0.477. The van der Waals surface area contributed by atoms with Crippen LogP contribution in [0, 0.1) is 11.3 Å². The highest BCUT2D eigenvalue weighted by molar-refractivity contribution is 7.07. The molecule has 170 valence electrons. The number of rotatable bonds is 7. The Morgan fingerprint density at radius 3 is 2.69 bits per heavy atom. The second-order valence-electron chi connectivity index (χ2n) is 6.63. The number of carbonyl (C=O) groups excluding carboxylic acids is 1. The van der Waals surface area contributed by atoms with E-state index in [2.05, 4.69) is 11.9 Å².